The maximum atomic E-state index is 13.4. The molecule has 0 aliphatic carbocycles. The molecule has 0 atom stereocenters. The number of pyridine rings is 1. The van der Waals surface area contributed by atoms with Crippen molar-refractivity contribution >= 4 is 5.69 Å². The van der Waals surface area contributed by atoms with E-state index in [-0.39, 0.29) is 0 Å². The minimum Gasteiger partial charge on any atom is -0.374 e. The average molecular weight is 208 g/mol. The lowest BCUT2D eigenvalue weighted by molar-refractivity contribution is 0.579. The van der Waals surface area contributed by atoms with E-state index in [4.69, 9.17) is 0 Å². The van der Waals surface area contributed by atoms with Crippen LogP contribution >= 0.6 is 0 Å². The molecule has 0 unspecified atom stereocenters. The van der Waals surface area contributed by atoms with Gasteiger partial charge in [-0.3, -0.25) is 0 Å². The largest absolute Gasteiger partial charge is 0.374 e. The van der Waals surface area contributed by atoms with Crippen molar-refractivity contribution in [1.29, 1.82) is 0 Å². The van der Waals surface area contributed by atoms with Crippen LogP contribution in [0.15, 0.2) is 24.9 Å². The molecule has 0 amide bonds. The zero-order chi connectivity index (χ0) is 11.3. The molecule has 0 N–H and O–H groups in total. The molecule has 0 aliphatic rings. The topological polar surface area (TPSA) is 16.1 Å². The molecule has 1 aromatic heterocycles. The maximum Gasteiger partial charge on any atom is 0.236 e. The number of nitrogens with zero attached hydrogens (tertiary/aromatic N) is 2. The van der Waals surface area contributed by atoms with Gasteiger partial charge in [-0.1, -0.05) is 6.08 Å². The molecule has 82 valence electrons. The lowest BCUT2D eigenvalue weighted by atomic mass is 10.1. The molecule has 1 heterocycles. The number of aryl methyl sites for hydroxylation is 1. The van der Waals surface area contributed by atoms with Crippen LogP contribution in [0.25, 0.3) is 0 Å². The SMILES string of the molecule is C=CCCCc1ccnc(F)c1N(C)C. The number of unbranched alkanes of at least 4 members (excludes halogenated alkanes) is 1. The third-order valence-corrected chi connectivity index (χ3v) is 2.26. The van der Waals surface area contributed by atoms with Crippen molar-refractivity contribution in [3.05, 3.63) is 36.4 Å². The highest BCUT2D eigenvalue weighted by Gasteiger charge is 2.10. The van der Waals surface area contributed by atoms with Crippen LogP contribution in [0, 0.1) is 5.95 Å². The first-order valence-corrected chi connectivity index (χ1v) is 5.08. The first-order valence-electron chi connectivity index (χ1n) is 5.08. The van der Waals surface area contributed by atoms with Gasteiger partial charge in [0, 0.05) is 20.3 Å². The molecule has 0 radical (unpaired) electrons. The van der Waals surface area contributed by atoms with E-state index in [1.54, 1.807) is 4.90 Å². The molecule has 0 aliphatic heterocycles. The van der Waals surface area contributed by atoms with Gasteiger partial charge in [0.25, 0.3) is 0 Å². The first-order chi connectivity index (χ1) is 7.16. The highest BCUT2D eigenvalue weighted by atomic mass is 19.1. The van der Waals surface area contributed by atoms with E-state index in [9.17, 15) is 4.39 Å². The van der Waals surface area contributed by atoms with E-state index >= 15 is 0 Å². The minimum atomic E-state index is -0.392. The Bertz CT molecular complexity index is 334. The smallest absolute Gasteiger partial charge is 0.236 e. The molecule has 0 saturated carbocycles. The quantitative estimate of drug-likeness (QED) is 0.420. The van der Waals surface area contributed by atoms with Gasteiger partial charge in [0.2, 0.25) is 5.95 Å². The second-order valence-corrected chi connectivity index (χ2v) is 3.68. The first kappa shape index (κ1) is 11.7. The summed E-state index contributed by atoms with van der Waals surface area (Å²) in [7, 11) is 3.66. The maximum absolute atomic E-state index is 13.4. The zero-order valence-electron chi connectivity index (χ0n) is 9.33. The number of allylic oxidation sites excluding steroid dienone is 1. The zero-order valence-corrected chi connectivity index (χ0v) is 9.33. The van der Waals surface area contributed by atoms with Crippen molar-refractivity contribution in [2.45, 2.75) is 19.3 Å². The summed E-state index contributed by atoms with van der Waals surface area (Å²) in [5.74, 6) is -0.392. The summed E-state index contributed by atoms with van der Waals surface area (Å²) in [5.41, 5.74) is 1.61. The molecule has 0 aromatic carbocycles. The predicted octanol–water partition coefficient (Wildman–Crippen LogP) is 2.80. The summed E-state index contributed by atoms with van der Waals surface area (Å²) >= 11 is 0. The van der Waals surface area contributed by atoms with Gasteiger partial charge in [-0.2, -0.15) is 4.39 Å². The Morgan fingerprint density at radius 3 is 2.87 bits per heavy atom. The molecule has 0 fully saturated rings. The van der Waals surface area contributed by atoms with Gasteiger partial charge in [0.1, 0.15) is 0 Å². The van der Waals surface area contributed by atoms with Crippen LogP contribution in [0.1, 0.15) is 18.4 Å². The minimum absolute atomic E-state index is 0.392. The molecular formula is C12H17FN2. The Labute approximate surface area is 90.4 Å². The van der Waals surface area contributed by atoms with Crippen molar-refractivity contribution in [1.82, 2.24) is 4.98 Å². The number of rotatable bonds is 5. The summed E-state index contributed by atoms with van der Waals surface area (Å²) in [5, 5.41) is 0. The number of hydrogen-bond acceptors (Lipinski definition) is 2. The second-order valence-electron chi connectivity index (χ2n) is 3.68. The Morgan fingerprint density at radius 2 is 2.27 bits per heavy atom. The van der Waals surface area contributed by atoms with Crippen LogP contribution in [-0.2, 0) is 6.42 Å². The predicted molar refractivity (Wildman–Crippen MR) is 61.7 cm³/mol. The van der Waals surface area contributed by atoms with E-state index in [1.807, 2.05) is 26.2 Å². The standard InChI is InChI=1S/C12H17FN2/c1-4-5-6-7-10-8-9-14-12(13)11(10)15(2)3/h4,8-9H,1,5-7H2,2-3H3. The Morgan fingerprint density at radius 1 is 1.53 bits per heavy atom. The van der Waals surface area contributed by atoms with Gasteiger partial charge >= 0.3 is 0 Å². The van der Waals surface area contributed by atoms with Crippen LogP contribution < -0.4 is 4.90 Å². The fraction of sp³-hybridized carbons (Fsp3) is 0.417. The molecule has 1 aromatic rings. The molecule has 0 bridgehead atoms. The van der Waals surface area contributed by atoms with E-state index in [1.165, 1.54) is 6.20 Å². The number of anilines is 1. The Kier molecular flexibility index (Phi) is 4.28. The monoisotopic (exact) mass is 208 g/mol. The summed E-state index contributed by atoms with van der Waals surface area (Å²) in [6, 6.07) is 1.88. The summed E-state index contributed by atoms with van der Waals surface area (Å²) < 4.78 is 13.4. The fourth-order valence-corrected chi connectivity index (χ4v) is 1.58. The van der Waals surface area contributed by atoms with Crippen molar-refractivity contribution in [3.8, 4) is 0 Å². The molecule has 2 nitrogen and oxygen atoms in total. The molecule has 15 heavy (non-hydrogen) atoms. The second kappa shape index (κ2) is 5.49. The van der Waals surface area contributed by atoms with Crippen molar-refractivity contribution in [2.24, 2.45) is 0 Å². The van der Waals surface area contributed by atoms with E-state index < -0.39 is 5.95 Å². The van der Waals surface area contributed by atoms with Gasteiger partial charge < -0.3 is 4.90 Å². The highest BCUT2D eigenvalue weighted by Crippen LogP contribution is 2.22. The van der Waals surface area contributed by atoms with Crippen LogP contribution in [-0.4, -0.2) is 19.1 Å². The third kappa shape index (κ3) is 3.05. The molecule has 0 spiro atoms. The third-order valence-electron chi connectivity index (χ3n) is 2.26. The van der Waals surface area contributed by atoms with Crippen LogP contribution in [0.3, 0.4) is 0 Å². The van der Waals surface area contributed by atoms with Crippen LogP contribution in [0.4, 0.5) is 10.1 Å². The molecule has 0 saturated heterocycles. The van der Waals surface area contributed by atoms with Gasteiger partial charge in [-0.15, -0.1) is 6.58 Å². The van der Waals surface area contributed by atoms with Gasteiger partial charge in [-0.25, -0.2) is 4.98 Å². The normalized spacial score (nSPS) is 10.1. The molecule has 3 heteroatoms. The highest BCUT2D eigenvalue weighted by molar-refractivity contribution is 5.51. The van der Waals surface area contributed by atoms with Crippen LogP contribution in [0.5, 0.6) is 0 Å². The van der Waals surface area contributed by atoms with Gasteiger partial charge in [0.15, 0.2) is 0 Å². The van der Waals surface area contributed by atoms with E-state index in [0.29, 0.717) is 5.69 Å². The fourth-order valence-electron chi connectivity index (χ4n) is 1.58. The number of hydrogen-bond donors (Lipinski definition) is 0. The van der Waals surface area contributed by atoms with Gasteiger partial charge in [-0.05, 0) is 30.9 Å². The lowest BCUT2D eigenvalue weighted by Gasteiger charge is -2.17. The van der Waals surface area contributed by atoms with Crippen LogP contribution in [0.2, 0.25) is 0 Å². The van der Waals surface area contributed by atoms with E-state index in [2.05, 4.69) is 11.6 Å². The van der Waals surface area contributed by atoms with Crippen molar-refractivity contribution < 1.29 is 4.39 Å². The van der Waals surface area contributed by atoms with E-state index in [0.717, 1.165) is 24.8 Å². The Hall–Kier alpha value is -1.38. The lowest BCUT2D eigenvalue weighted by Crippen LogP contribution is -2.14. The average Bonchev–Trinajstić information content (AvgIpc) is 2.17. The summed E-state index contributed by atoms with van der Waals surface area (Å²) in [4.78, 5) is 5.43. The summed E-state index contributed by atoms with van der Waals surface area (Å²) in [6.07, 6.45) is 6.21. The van der Waals surface area contributed by atoms with Crippen molar-refractivity contribution in [3.63, 3.8) is 0 Å². The number of halogens is 1. The molecule has 1 rings (SSSR count). The van der Waals surface area contributed by atoms with Crippen molar-refractivity contribution in [2.75, 3.05) is 19.0 Å². The van der Waals surface area contributed by atoms with Gasteiger partial charge in [0.05, 0.1) is 5.69 Å². The molecular weight excluding hydrogens is 191 g/mol. The number of aromatic nitrogens is 1. The Balaban J connectivity index is 2.85. The summed E-state index contributed by atoms with van der Waals surface area (Å²) in [6.45, 7) is 3.67.